The number of thiocarbonyl (C=S) groups is 1. The second kappa shape index (κ2) is 9.32. The Morgan fingerprint density at radius 3 is 2.32 bits per heavy atom. The lowest BCUT2D eigenvalue weighted by Gasteiger charge is -2.35. The van der Waals surface area contributed by atoms with Gasteiger partial charge < -0.3 is 19.9 Å². The Hall–Kier alpha value is -3.16. The number of rotatable bonds is 4. The van der Waals surface area contributed by atoms with Crippen molar-refractivity contribution in [3.8, 4) is 5.75 Å². The highest BCUT2D eigenvalue weighted by Gasteiger charge is 2.19. The van der Waals surface area contributed by atoms with Crippen molar-refractivity contribution in [1.82, 2.24) is 10.2 Å². The first kappa shape index (κ1) is 21.1. The quantitative estimate of drug-likeness (QED) is 0.611. The minimum atomic E-state index is -0.308. The van der Waals surface area contributed by atoms with Crippen LogP contribution < -0.4 is 20.3 Å². The molecule has 31 heavy (non-hydrogen) atoms. The molecule has 1 fully saturated rings. The van der Waals surface area contributed by atoms with Crippen molar-refractivity contribution < 1.29 is 9.53 Å². The molecule has 0 bridgehead atoms. The van der Waals surface area contributed by atoms with Crippen molar-refractivity contribution in [2.75, 3.05) is 50.6 Å². The minimum absolute atomic E-state index is 0.252. The van der Waals surface area contributed by atoms with E-state index in [1.807, 2.05) is 54.6 Å². The highest BCUT2D eigenvalue weighted by atomic mass is 32.1. The molecule has 0 radical (unpaired) electrons. The summed E-state index contributed by atoms with van der Waals surface area (Å²) in [4.78, 5) is 17.6. The molecular formula is C24H26N4O2S. The van der Waals surface area contributed by atoms with Crippen LogP contribution in [0.4, 0.5) is 11.4 Å². The van der Waals surface area contributed by atoms with Crippen LogP contribution in [-0.2, 0) is 0 Å². The lowest BCUT2D eigenvalue weighted by atomic mass is 10.1. The number of carbonyl (C=O) groups excluding carboxylic acids is 1. The first-order chi connectivity index (χ1) is 15.0. The number of hydrogen-bond acceptors (Lipinski definition) is 5. The van der Waals surface area contributed by atoms with Gasteiger partial charge in [-0.15, -0.1) is 0 Å². The van der Waals surface area contributed by atoms with Gasteiger partial charge in [-0.05, 0) is 54.3 Å². The molecule has 1 saturated heterocycles. The van der Waals surface area contributed by atoms with Gasteiger partial charge in [-0.3, -0.25) is 10.1 Å². The molecule has 0 unspecified atom stereocenters. The molecule has 4 rings (SSSR count). The second-order valence-corrected chi connectivity index (χ2v) is 8.02. The molecule has 3 aromatic carbocycles. The van der Waals surface area contributed by atoms with Crippen molar-refractivity contribution >= 4 is 45.4 Å². The third kappa shape index (κ3) is 4.78. The van der Waals surface area contributed by atoms with E-state index in [0.717, 1.165) is 48.3 Å². The molecule has 0 atom stereocenters. The van der Waals surface area contributed by atoms with Gasteiger partial charge in [0.15, 0.2) is 5.11 Å². The normalized spacial score (nSPS) is 14.3. The number of methoxy groups -OCH3 is 1. The summed E-state index contributed by atoms with van der Waals surface area (Å²) >= 11 is 5.46. The Kier molecular flexibility index (Phi) is 6.34. The van der Waals surface area contributed by atoms with E-state index in [1.165, 1.54) is 0 Å². The number of nitrogens with one attached hydrogen (secondary N) is 2. The van der Waals surface area contributed by atoms with Gasteiger partial charge in [0.25, 0.3) is 5.91 Å². The molecule has 6 nitrogen and oxygen atoms in total. The Morgan fingerprint density at radius 2 is 1.61 bits per heavy atom. The van der Waals surface area contributed by atoms with Crippen molar-refractivity contribution in [3.05, 3.63) is 66.2 Å². The van der Waals surface area contributed by atoms with Gasteiger partial charge in [0, 0.05) is 26.2 Å². The fraction of sp³-hybridized carbons (Fsp3) is 0.250. The van der Waals surface area contributed by atoms with Crippen LogP contribution in [0.5, 0.6) is 5.75 Å². The molecule has 1 aliphatic heterocycles. The van der Waals surface area contributed by atoms with Crippen LogP contribution in [0.1, 0.15) is 10.4 Å². The Morgan fingerprint density at radius 1 is 0.968 bits per heavy atom. The summed E-state index contributed by atoms with van der Waals surface area (Å²) in [5.74, 6) is 0.203. The van der Waals surface area contributed by atoms with Crippen LogP contribution in [-0.4, -0.2) is 56.3 Å². The molecule has 160 valence electrons. The zero-order chi connectivity index (χ0) is 21.8. The number of benzene rings is 3. The molecule has 1 heterocycles. The van der Waals surface area contributed by atoms with Gasteiger partial charge in [0.1, 0.15) is 5.75 Å². The fourth-order valence-corrected chi connectivity index (χ4v) is 3.99. The number of para-hydroxylation sites is 2. The number of hydrogen-bond donors (Lipinski definition) is 2. The van der Waals surface area contributed by atoms with E-state index in [-0.39, 0.29) is 11.0 Å². The van der Waals surface area contributed by atoms with E-state index in [0.29, 0.717) is 11.3 Å². The number of fused-ring (bicyclic) bond motifs is 1. The van der Waals surface area contributed by atoms with Gasteiger partial charge in [0.2, 0.25) is 0 Å². The fourth-order valence-electron chi connectivity index (χ4n) is 3.79. The lowest BCUT2D eigenvalue weighted by Crippen LogP contribution is -2.45. The summed E-state index contributed by atoms with van der Waals surface area (Å²) in [6.07, 6.45) is 0. The highest BCUT2D eigenvalue weighted by Crippen LogP contribution is 2.28. The number of carbonyl (C=O) groups is 1. The summed E-state index contributed by atoms with van der Waals surface area (Å²) in [5, 5.41) is 8.22. The first-order valence-electron chi connectivity index (χ1n) is 10.3. The Bertz CT molecular complexity index is 1110. The maximum atomic E-state index is 13.0. The van der Waals surface area contributed by atoms with Crippen LogP contribution in [0.2, 0.25) is 0 Å². The molecule has 3 aromatic rings. The van der Waals surface area contributed by atoms with Gasteiger partial charge in [-0.25, -0.2) is 0 Å². The molecule has 7 heteroatoms. The molecule has 0 spiro atoms. The largest absolute Gasteiger partial charge is 0.496 e. The van der Waals surface area contributed by atoms with Crippen LogP contribution >= 0.6 is 12.2 Å². The van der Waals surface area contributed by atoms with E-state index < -0.39 is 0 Å². The molecular weight excluding hydrogens is 408 g/mol. The van der Waals surface area contributed by atoms with Crippen molar-refractivity contribution in [2.24, 2.45) is 0 Å². The highest BCUT2D eigenvalue weighted by molar-refractivity contribution is 7.80. The van der Waals surface area contributed by atoms with E-state index in [2.05, 4.69) is 33.5 Å². The third-order valence-corrected chi connectivity index (χ3v) is 5.74. The monoisotopic (exact) mass is 434 g/mol. The Balaban J connectivity index is 1.50. The van der Waals surface area contributed by atoms with Gasteiger partial charge in [0.05, 0.1) is 24.0 Å². The predicted molar refractivity (Wildman–Crippen MR) is 130 cm³/mol. The smallest absolute Gasteiger partial charge is 0.261 e. The van der Waals surface area contributed by atoms with Crippen LogP contribution in [0, 0.1) is 0 Å². The molecule has 0 aliphatic carbocycles. The van der Waals surface area contributed by atoms with Crippen LogP contribution in [0.3, 0.4) is 0 Å². The summed E-state index contributed by atoms with van der Waals surface area (Å²) < 4.78 is 5.45. The summed E-state index contributed by atoms with van der Waals surface area (Å²) in [7, 11) is 3.69. The summed E-state index contributed by atoms with van der Waals surface area (Å²) in [5.41, 5.74) is 2.40. The van der Waals surface area contributed by atoms with Gasteiger partial charge >= 0.3 is 0 Å². The molecule has 1 aliphatic rings. The average molecular weight is 435 g/mol. The minimum Gasteiger partial charge on any atom is -0.496 e. The number of likely N-dealkylation sites (N-methyl/N-ethyl adjacent to an activating group) is 1. The second-order valence-electron chi connectivity index (χ2n) is 7.62. The van der Waals surface area contributed by atoms with Crippen molar-refractivity contribution in [1.29, 1.82) is 0 Å². The topological polar surface area (TPSA) is 56.8 Å². The standard InChI is InChI=1S/C24H26N4O2S/c1-27-11-13-28(14-12-27)21-10-6-5-9-20(21)25-24(31)26-23(29)19-15-17-7-3-4-8-18(17)16-22(19)30-2/h3-10,15-16H,11-14H2,1-2H3,(H2,25,26,29,31). The molecule has 0 saturated carbocycles. The van der Waals surface area contributed by atoms with E-state index in [9.17, 15) is 4.79 Å². The lowest BCUT2D eigenvalue weighted by molar-refractivity contribution is 0.0975. The van der Waals surface area contributed by atoms with Crippen molar-refractivity contribution in [3.63, 3.8) is 0 Å². The first-order valence-corrected chi connectivity index (χ1v) is 10.7. The van der Waals surface area contributed by atoms with Crippen LogP contribution in [0.25, 0.3) is 10.8 Å². The number of amides is 1. The Labute approximate surface area is 187 Å². The predicted octanol–water partition coefficient (Wildman–Crippen LogP) is 3.73. The molecule has 0 aromatic heterocycles. The number of anilines is 2. The number of piperazine rings is 1. The SMILES string of the molecule is COc1cc2ccccc2cc1C(=O)NC(=S)Nc1ccccc1N1CCN(C)CC1. The number of nitrogens with zero attached hydrogens (tertiary/aromatic N) is 2. The number of ether oxygens (including phenoxy) is 1. The van der Waals surface area contributed by atoms with Crippen molar-refractivity contribution in [2.45, 2.75) is 0 Å². The summed E-state index contributed by atoms with van der Waals surface area (Å²) in [6.45, 7) is 3.92. The van der Waals surface area contributed by atoms with Crippen LogP contribution in [0.15, 0.2) is 60.7 Å². The third-order valence-electron chi connectivity index (χ3n) is 5.54. The zero-order valence-corrected chi connectivity index (χ0v) is 18.5. The maximum absolute atomic E-state index is 13.0. The van der Waals surface area contributed by atoms with Gasteiger partial charge in [-0.2, -0.15) is 0 Å². The van der Waals surface area contributed by atoms with Gasteiger partial charge in [-0.1, -0.05) is 36.4 Å². The van der Waals surface area contributed by atoms with E-state index in [4.69, 9.17) is 17.0 Å². The molecule has 1 amide bonds. The average Bonchev–Trinajstić information content (AvgIpc) is 2.79. The van der Waals surface area contributed by atoms with E-state index >= 15 is 0 Å². The zero-order valence-electron chi connectivity index (χ0n) is 17.7. The molecule has 2 N–H and O–H groups in total. The maximum Gasteiger partial charge on any atom is 0.261 e. The summed E-state index contributed by atoms with van der Waals surface area (Å²) in [6, 6.07) is 19.6. The van der Waals surface area contributed by atoms with E-state index in [1.54, 1.807) is 7.11 Å².